The Labute approximate surface area is 114 Å². The number of hydrogen-bond donors (Lipinski definition) is 2. The van der Waals surface area contributed by atoms with Crippen LogP contribution in [0.4, 0.5) is 11.4 Å². The van der Waals surface area contributed by atoms with Crippen LogP contribution >= 0.6 is 0 Å². The van der Waals surface area contributed by atoms with E-state index in [0.29, 0.717) is 18.3 Å². The second-order valence-corrected chi connectivity index (χ2v) is 5.26. The van der Waals surface area contributed by atoms with Gasteiger partial charge < -0.3 is 16.0 Å². The lowest BCUT2D eigenvalue weighted by molar-refractivity contribution is -0.118. The van der Waals surface area contributed by atoms with Gasteiger partial charge in [0.25, 0.3) is 0 Å². The molecule has 2 rings (SSSR count). The van der Waals surface area contributed by atoms with E-state index in [9.17, 15) is 4.79 Å². The molecule has 0 saturated carbocycles. The molecule has 1 heterocycles. The summed E-state index contributed by atoms with van der Waals surface area (Å²) in [7, 11) is 2.11. The number of nitrogens with two attached hydrogens (primary N) is 1. The quantitative estimate of drug-likeness (QED) is 0.793. The van der Waals surface area contributed by atoms with Gasteiger partial charge in [-0.15, -0.1) is 0 Å². The lowest BCUT2D eigenvalue weighted by Gasteiger charge is -2.37. The summed E-state index contributed by atoms with van der Waals surface area (Å²) >= 11 is 0. The molecule has 3 N–H and O–H groups in total. The Balaban J connectivity index is 1.87. The molecule has 1 amide bonds. The van der Waals surface area contributed by atoms with E-state index in [2.05, 4.69) is 29.1 Å². The van der Waals surface area contributed by atoms with E-state index >= 15 is 0 Å². The lowest BCUT2D eigenvalue weighted by atomic mass is 10.2. The molecule has 104 valence electrons. The number of benzene rings is 1. The predicted octanol–water partition coefficient (Wildman–Crippen LogP) is 0.843. The fraction of sp³-hybridized carbons (Fsp3) is 0.500. The lowest BCUT2D eigenvalue weighted by Crippen LogP contribution is -2.52. The first-order valence-electron chi connectivity index (χ1n) is 6.62. The Morgan fingerprint density at radius 1 is 1.47 bits per heavy atom. The third kappa shape index (κ3) is 3.94. The van der Waals surface area contributed by atoms with Crippen molar-refractivity contribution in [1.82, 2.24) is 9.80 Å². The summed E-state index contributed by atoms with van der Waals surface area (Å²) in [6.07, 6.45) is 0. The molecule has 1 aromatic carbocycles. The summed E-state index contributed by atoms with van der Waals surface area (Å²) in [5.41, 5.74) is 7.10. The summed E-state index contributed by atoms with van der Waals surface area (Å²) in [6.45, 7) is 5.54. The fourth-order valence-electron chi connectivity index (χ4n) is 2.41. The molecule has 1 aliphatic heterocycles. The van der Waals surface area contributed by atoms with Gasteiger partial charge in [-0.1, -0.05) is 6.07 Å². The number of piperazine rings is 1. The number of carbonyl (C=O) groups excluding carboxylic acids is 1. The molecule has 0 aromatic heterocycles. The van der Waals surface area contributed by atoms with E-state index < -0.39 is 0 Å². The van der Waals surface area contributed by atoms with Gasteiger partial charge in [0.05, 0.1) is 6.54 Å². The van der Waals surface area contributed by atoms with Gasteiger partial charge >= 0.3 is 0 Å². The number of amides is 1. The van der Waals surface area contributed by atoms with Gasteiger partial charge in [0.1, 0.15) is 0 Å². The van der Waals surface area contributed by atoms with Crippen molar-refractivity contribution in [3.63, 3.8) is 0 Å². The molecule has 0 radical (unpaired) electrons. The third-order valence-electron chi connectivity index (χ3n) is 3.49. The molecule has 1 fully saturated rings. The molecule has 5 nitrogen and oxygen atoms in total. The summed E-state index contributed by atoms with van der Waals surface area (Å²) in [5, 5.41) is 2.89. The van der Waals surface area contributed by atoms with Crippen LogP contribution in [0.25, 0.3) is 0 Å². The van der Waals surface area contributed by atoms with E-state index in [1.54, 1.807) is 12.1 Å². The van der Waals surface area contributed by atoms with Crippen molar-refractivity contribution in [3.8, 4) is 0 Å². The molecule has 1 unspecified atom stereocenters. The zero-order valence-electron chi connectivity index (χ0n) is 11.6. The molecule has 1 saturated heterocycles. The highest BCUT2D eigenvalue weighted by Gasteiger charge is 2.23. The summed E-state index contributed by atoms with van der Waals surface area (Å²) in [4.78, 5) is 16.5. The van der Waals surface area contributed by atoms with E-state index in [4.69, 9.17) is 5.73 Å². The van der Waals surface area contributed by atoms with Gasteiger partial charge in [-0.05, 0) is 32.2 Å². The highest BCUT2D eigenvalue weighted by atomic mass is 16.2. The molecule has 0 spiro atoms. The standard InChI is InChI=1S/C14H22N4O/c1-11-9-17(2)6-7-18(11)10-14(19)16-13-5-3-4-12(15)8-13/h3-5,8,11H,6-7,9-10,15H2,1-2H3,(H,16,19). The maximum atomic E-state index is 12.0. The Morgan fingerprint density at radius 3 is 2.95 bits per heavy atom. The van der Waals surface area contributed by atoms with Crippen molar-refractivity contribution in [2.45, 2.75) is 13.0 Å². The summed E-state index contributed by atoms with van der Waals surface area (Å²) in [5.74, 6) is 0.0157. The Morgan fingerprint density at radius 2 is 2.26 bits per heavy atom. The van der Waals surface area contributed by atoms with Crippen LogP contribution in [-0.4, -0.2) is 55.0 Å². The van der Waals surface area contributed by atoms with E-state index in [1.165, 1.54) is 0 Å². The van der Waals surface area contributed by atoms with E-state index in [1.807, 2.05) is 12.1 Å². The van der Waals surface area contributed by atoms with Crippen molar-refractivity contribution >= 4 is 17.3 Å². The highest BCUT2D eigenvalue weighted by molar-refractivity contribution is 5.92. The topological polar surface area (TPSA) is 61.6 Å². The fourth-order valence-corrected chi connectivity index (χ4v) is 2.41. The van der Waals surface area contributed by atoms with Crippen LogP contribution in [0.1, 0.15) is 6.92 Å². The van der Waals surface area contributed by atoms with E-state index in [-0.39, 0.29) is 5.91 Å². The molecule has 1 aliphatic rings. The molecule has 0 bridgehead atoms. The number of rotatable bonds is 3. The van der Waals surface area contributed by atoms with Crippen molar-refractivity contribution in [2.24, 2.45) is 0 Å². The van der Waals surface area contributed by atoms with Crippen LogP contribution in [0, 0.1) is 0 Å². The summed E-state index contributed by atoms with van der Waals surface area (Å²) in [6, 6.07) is 7.67. The number of hydrogen-bond acceptors (Lipinski definition) is 4. The minimum absolute atomic E-state index is 0.0157. The third-order valence-corrected chi connectivity index (χ3v) is 3.49. The molecule has 1 aromatic rings. The minimum atomic E-state index is 0.0157. The van der Waals surface area contributed by atoms with Crippen LogP contribution in [0.5, 0.6) is 0 Å². The van der Waals surface area contributed by atoms with Gasteiger partial charge in [-0.25, -0.2) is 0 Å². The van der Waals surface area contributed by atoms with Crippen molar-refractivity contribution < 1.29 is 4.79 Å². The highest BCUT2D eigenvalue weighted by Crippen LogP contribution is 2.12. The van der Waals surface area contributed by atoms with Crippen molar-refractivity contribution in [2.75, 3.05) is 44.3 Å². The average molecular weight is 262 g/mol. The number of likely N-dealkylation sites (N-methyl/N-ethyl adjacent to an activating group) is 1. The van der Waals surface area contributed by atoms with Crippen LogP contribution in [0.2, 0.25) is 0 Å². The molecule has 19 heavy (non-hydrogen) atoms. The Hall–Kier alpha value is -1.59. The van der Waals surface area contributed by atoms with Gasteiger partial charge in [-0.3, -0.25) is 9.69 Å². The molecular formula is C14H22N4O. The van der Waals surface area contributed by atoms with Crippen LogP contribution in [0.3, 0.4) is 0 Å². The molecule has 0 aliphatic carbocycles. The van der Waals surface area contributed by atoms with Crippen LogP contribution < -0.4 is 11.1 Å². The van der Waals surface area contributed by atoms with Crippen molar-refractivity contribution in [3.05, 3.63) is 24.3 Å². The normalized spacial score (nSPS) is 21.3. The number of anilines is 2. The van der Waals surface area contributed by atoms with E-state index in [0.717, 1.165) is 25.3 Å². The zero-order valence-corrected chi connectivity index (χ0v) is 11.6. The van der Waals surface area contributed by atoms with Gasteiger partial charge in [0.2, 0.25) is 5.91 Å². The first kappa shape index (κ1) is 13.8. The summed E-state index contributed by atoms with van der Waals surface area (Å²) < 4.78 is 0. The van der Waals surface area contributed by atoms with Crippen LogP contribution in [-0.2, 0) is 4.79 Å². The first-order valence-corrected chi connectivity index (χ1v) is 6.62. The zero-order chi connectivity index (χ0) is 13.8. The number of carbonyl (C=O) groups is 1. The Bertz CT molecular complexity index is 449. The Kier molecular flexibility index (Phi) is 4.39. The number of nitrogen functional groups attached to an aromatic ring is 1. The smallest absolute Gasteiger partial charge is 0.238 e. The monoisotopic (exact) mass is 262 g/mol. The molecule has 5 heteroatoms. The second kappa shape index (κ2) is 6.04. The maximum Gasteiger partial charge on any atom is 0.238 e. The van der Waals surface area contributed by atoms with Crippen LogP contribution in [0.15, 0.2) is 24.3 Å². The van der Waals surface area contributed by atoms with Crippen molar-refractivity contribution in [1.29, 1.82) is 0 Å². The van der Waals surface area contributed by atoms with Gasteiger partial charge in [-0.2, -0.15) is 0 Å². The number of nitrogens with one attached hydrogen (secondary N) is 1. The molecular weight excluding hydrogens is 240 g/mol. The SMILES string of the molecule is CC1CN(C)CCN1CC(=O)Nc1cccc(N)c1. The van der Waals surface area contributed by atoms with Gasteiger partial charge in [0, 0.05) is 37.1 Å². The second-order valence-electron chi connectivity index (χ2n) is 5.26. The average Bonchev–Trinajstić information content (AvgIpc) is 2.33. The maximum absolute atomic E-state index is 12.0. The number of nitrogens with zero attached hydrogens (tertiary/aromatic N) is 2. The largest absolute Gasteiger partial charge is 0.399 e. The predicted molar refractivity (Wildman–Crippen MR) is 78.0 cm³/mol. The molecule has 1 atom stereocenters. The minimum Gasteiger partial charge on any atom is -0.399 e. The first-order chi connectivity index (χ1) is 9.04. The van der Waals surface area contributed by atoms with Gasteiger partial charge in [0.15, 0.2) is 0 Å².